The number of amides is 1. The zero-order chi connectivity index (χ0) is 35.7. The van der Waals surface area contributed by atoms with Gasteiger partial charge in [0.15, 0.2) is 0 Å². The molecule has 3 aliphatic heterocycles. The van der Waals surface area contributed by atoms with Gasteiger partial charge in [0.05, 0.1) is 39.5 Å². The minimum absolute atomic E-state index is 0.0120. The summed E-state index contributed by atoms with van der Waals surface area (Å²) in [5.74, 6) is -1.33. The molecule has 0 saturated carbocycles. The number of nitrogens with zero attached hydrogens (tertiary/aromatic N) is 6. The van der Waals surface area contributed by atoms with E-state index in [2.05, 4.69) is 16.5 Å². The number of benzene rings is 2. The Bertz CT molecular complexity index is 2080. The summed E-state index contributed by atoms with van der Waals surface area (Å²) in [6.45, 7) is 4.09. The topological polar surface area (TPSA) is 112 Å². The van der Waals surface area contributed by atoms with Crippen LogP contribution >= 0.6 is 11.3 Å². The summed E-state index contributed by atoms with van der Waals surface area (Å²) in [6.07, 6.45) is -4.75. The van der Waals surface area contributed by atoms with Crippen LogP contribution in [0.15, 0.2) is 36.9 Å². The summed E-state index contributed by atoms with van der Waals surface area (Å²) in [4.78, 5) is 25.9. The Kier molecular flexibility index (Phi) is 8.33. The van der Waals surface area contributed by atoms with Gasteiger partial charge in [0.1, 0.15) is 41.7 Å². The standard InChI is InChI=1S/C34H31F6N7O2S/c1-3-27(48)46-14-24(37)26(15-46)45(2)31-20-9-22(34(38,39)40)19(18-5-6-23(36)29-28(18)21(12-41)30(42)50-29)10-25(20)43-32(44-31)49-16-33-7-4-8-47(33)13-17(35)11-33/h3,5-6,9-10,17,24,26H,1,4,7-8,11,13-16,42H2,2H3. The summed E-state index contributed by atoms with van der Waals surface area (Å²) in [5.41, 5.74) is 3.60. The Morgan fingerprint density at radius 1 is 1.24 bits per heavy atom. The smallest absolute Gasteiger partial charge is 0.417 e. The number of aromatic nitrogens is 2. The number of nitrogen functional groups attached to an aromatic ring is 1. The third kappa shape index (κ3) is 5.56. The molecule has 7 rings (SSSR count). The summed E-state index contributed by atoms with van der Waals surface area (Å²) >= 11 is 0.755. The lowest BCUT2D eigenvalue weighted by molar-refractivity contribution is -0.137. The maximum Gasteiger partial charge on any atom is 0.417 e. The van der Waals surface area contributed by atoms with Crippen molar-refractivity contribution in [1.29, 1.82) is 5.26 Å². The second-order valence-electron chi connectivity index (χ2n) is 13.0. The number of nitriles is 1. The second kappa shape index (κ2) is 12.3. The number of alkyl halides is 5. The lowest BCUT2D eigenvalue weighted by Gasteiger charge is -2.31. The first-order chi connectivity index (χ1) is 23.7. The van der Waals surface area contributed by atoms with Crippen LogP contribution in [0.5, 0.6) is 6.01 Å². The molecule has 3 saturated heterocycles. The summed E-state index contributed by atoms with van der Waals surface area (Å²) in [5, 5.41) is 9.62. The Hall–Kier alpha value is -4.62. The van der Waals surface area contributed by atoms with Crippen LogP contribution < -0.4 is 15.4 Å². The number of halogens is 6. The highest BCUT2D eigenvalue weighted by molar-refractivity contribution is 7.23. The largest absolute Gasteiger partial charge is 0.461 e. The molecule has 2 aromatic heterocycles. The molecule has 5 heterocycles. The molecular weight excluding hydrogens is 684 g/mol. The van der Waals surface area contributed by atoms with Crippen LogP contribution in [0.2, 0.25) is 0 Å². The minimum atomic E-state index is -4.96. The normalized spacial score (nSPS) is 23.8. The van der Waals surface area contributed by atoms with Gasteiger partial charge in [-0.05, 0) is 54.8 Å². The fourth-order valence-electron chi connectivity index (χ4n) is 7.68. The first kappa shape index (κ1) is 33.9. The Morgan fingerprint density at radius 3 is 2.74 bits per heavy atom. The first-order valence-corrected chi connectivity index (χ1v) is 16.7. The van der Waals surface area contributed by atoms with Crippen molar-refractivity contribution in [2.75, 3.05) is 50.5 Å². The Balaban J connectivity index is 1.41. The number of hydrogen-bond acceptors (Lipinski definition) is 9. The van der Waals surface area contributed by atoms with Gasteiger partial charge in [-0.1, -0.05) is 12.6 Å². The van der Waals surface area contributed by atoms with Crippen molar-refractivity contribution in [3.63, 3.8) is 0 Å². The fourth-order valence-corrected chi connectivity index (χ4v) is 8.63. The monoisotopic (exact) mass is 715 g/mol. The van der Waals surface area contributed by atoms with Crippen LogP contribution in [0.25, 0.3) is 32.1 Å². The van der Waals surface area contributed by atoms with Crippen molar-refractivity contribution in [2.45, 2.75) is 49.4 Å². The van der Waals surface area contributed by atoms with E-state index in [9.17, 15) is 32.0 Å². The van der Waals surface area contributed by atoms with Gasteiger partial charge < -0.3 is 20.3 Å². The lowest BCUT2D eigenvalue weighted by atomic mass is 9.93. The predicted octanol–water partition coefficient (Wildman–Crippen LogP) is 6.25. The van der Waals surface area contributed by atoms with Gasteiger partial charge in [0, 0.05) is 37.3 Å². The second-order valence-corrected chi connectivity index (χ2v) is 14.1. The number of likely N-dealkylation sites (tertiary alicyclic amines) is 1. The fraction of sp³-hybridized carbons (Fsp3) is 0.412. The molecule has 0 aliphatic carbocycles. The van der Waals surface area contributed by atoms with E-state index in [-0.39, 0.29) is 81.6 Å². The molecule has 50 heavy (non-hydrogen) atoms. The van der Waals surface area contributed by atoms with E-state index in [0.29, 0.717) is 13.0 Å². The third-order valence-electron chi connectivity index (χ3n) is 10.1. The average Bonchev–Trinajstić information content (AvgIpc) is 3.82. The van der Waals surface area contributed by atoms with Gasteiger partial charge in [-0.15, -0.1) is 11.3 Å². The zero-order valence-corrected chi connectivity index (χ0v) is 27.6. The van der Waals surface area contributed by atoms with E-state index in [1.54, 1.807) is 0 Å². The molecule has 0 radical (unpaired) electrons. The van der Waals surface area contributed by atoms with Gasteiger partial charge in [-0.3, -0.25) is 9.69 Å². The van der Waals surface area contributed by atoms with E-state index < -0.39 is 53.0 Å². The maximum atomic E-state index is 15.5. The molecule has 1 amide bonds. The van der Waals surface area contributed by atoms with E-state index in [4.69, 9.17) is 10.5 Å². The highest BCUT2D eigenvalue weighted by Gasteiger charge is 2.49. The van der Waals surface area contributed by atoms with Gasteiger partial charge >= 0.3 is 12.2 Å². The number of carbonyl (C=O) groups is 1. The number of anilines is 2. The van der Waals surface area contributed by atoms with Crippen molar-refractivity contribution in [2.24, 2.45) is 0 Å². The number of ether oxygens (including phenoxy) is 1. The molecule has 2 aromatic carbocycles. The van der Waals surface area contributed by atoms with E-state index >= 15 is 4.39 Å². The number of carbonyl (C=O) groups excluding carboxylic acids is 1. The summed E-state index contributed by atoms with van der Waals surface area (Å²) in [6, 6.07) is 4.84. The Morgan fingerprint density at radius 2 is 2.02 bits per heavy atom. The molecule has 0 bridgehead atoms. The molecule has 4 aromatic rings. The molecule has 262 valence electrons. The lowest BCUT2D eigenvalue weighted by Crippen LogP contribution is -2.43. The molecule has 4 atom stereocenters. The molecule has 0 spiro atoms. The van der Waals surface area contributed by atoms with Crippen LogP contribution in [0.3, 0.4) is 0 Å². The van der Waals surface area contributed by atoms with Crippen molar-refractivity contribution < 1.29 is 35.9 Å². The van der Waals surface area contributed by atoms with Gasteiger partial charge in [0.25, 0.3) is 0 Å². The number of thiophene rings is 1. The van der Waals surface area contributed by atoms with Crippen LogP contribution in [0.4, 0.5) is 37.2 Å². The number of nitrogens with two attached hydrogens (primary N) is 1. The summed E-state index contributed by atoms with van der Waals surface area (Å²) < 4.78 is 95.8. The molecule has 3 aliphatic rings. The van der Waals surface area contributed by atoms with E-state index in [1.165, 1.54) is 16.8 Å². The number of fused-ring (bicyclic) bond motifs is 3. The molecule has 4 unspecified atom stereocenters. The van der Waals surface area contributed by atoms with Crippen LogP contribution in [0.1, 0.15) is 30.4 Å². The number of likely N-dealkylation sites (N-methyl/N-ethyl adjacent to an activating group) is 1. The maximum absolute atomic E-state index is 15.5. The van der Waals surface area contributed by atoms with Crippen molar-refractivity contribution >= 4 is 49.1 Å². The average molecular weight is 716 g/mol. The predicted molar refractivity (Wildman–Crippen MR) is 177 cm³/mol. The van der Waals surface area contributed by atoms with Gasteiger partial charge in [-0.25, -0.2) is 13.2 Å². The SMILES string of the molecule is C=CC(=O)N1CC(F)C(N(C)c2nc(OCC34CCCN3CC(F)C4)nc3cc(-c4ccc(F)c5sc(N)c(C#N)c45)c(C(F)(F)F)cc23)C1. The zero-order valence-electron chi connectivity index (χ0n) is 26.7. The highest BCUT2D eigenvalue weighted by atomic mass is 32.1. The quantitative estimate of drug-likeness (QED) is 0.177. The minimum Gasteiger partial charge on any atom is -0.461 e. The van der Waals surface area contributed by atoms with Crippen molar-refractivity contribution in [3.8, 4) is 23.2 Å². The van der Waals surface area contributed by atoms with Crippen LogP contribution in [0, 0.1) is 17.1 Å². The molecular formula is C34H31F6N7O2S. The molecule has 3 fully saturated rings. The van der Waals surface area contributed by atoms with Gasteiger partial charge in [-0.2, -0.15) is 28.4 Å². The molecule has 2 N–H and O–H groups in total. The van der Waals surface area contributed by atoms with E-state index in [0.717, 1.165) is 48.1 Å². The molecule has 16 heteroatoms. The third-order valence-corrected chi connectivity index (χ3v) is 11.1. The van der Waals surface area contributed by atoms with E-state index in [1.807, 2.05) is 11.0 Å². The van der Waals surface area contributed by atoms with Crippen molar-refractivity contribution in [3.05, 3.63) is 53.9 Å². The van der Waals surface area contributed by atoms with Crippen molar-refractivity contribution in [1.82, 2.24) is 19.8 Å². The molecule has 9 nitrogen and oxygen atoms in total. The number of rotatable bonds is 7. The first-order valence-electron chi connectivity index (χ1n) is 15.9. The van der Waals surface area contributed by atoms with Gasteiger partial charge in [0.2, 0.25) is 5.91 Å². The number of hydrogen-bond donors (Lipinski definition) is 1. The Labute approximate surface area is 286 Å². The van der Waals surface area contributed by atoms with Crippen LogP contribution in [-0.4, -0.2) is 89.4 Å². The highest BCUT2D eigenvalue weighted by Crippen LogP contribution is 2.47. The van der Waals surface area contributed by atoms with Crippen LogP contribution in [-0.2, 0) is 11.0 Å². The summed E-state index contributed by atoms with van der Waals surface area (Å²) in [7, 11) is 1.46.